The van der Waals surface area contributed by atoms with Crippen LogP contribution in [0.25, 0.3) is 11.3 Å². The average molecular weight is 265 g/mol. The van der Waals surface area contributed by atoms with Gasteiger partial charge in [0, 0.05) is 12.6 Å². The number of halogens is 1. The van der Waals surface area contributed by atoms with Gasteiger partial charge in [0.15, 0.2) is 0 Å². The van der Waals surface area contributed by atoms with Crippen molar-refractivity contribution in [2.75, 3.05) is 0 Å². The fourth-order valence-electron chi connectivity index (χ4n) is 1.76. The molecule has 3 heteroatoms. The molecule has 15 heavy (non-hydrogen) atoms. The Labute approximate surface area is 98.1 Å². The zero-order valence-corrected chi connectivity index (χ0v) is 10.7. The number of benzene rings is 1. The van der Waals surface area contributed by atoms with E-state index < -0.39 is 0 Å². The number of aromatic nitrogens is 2. The molecule has 0 fully saturated rings. The van der Waals surface area contributed by atoms with Crippen molar-refractivity contribution in [3.8, 4) is 11.3 Å². The topological polar surface area (TPSA) is 17.8 Å². The summed E-state index contributed by atoms with van der Waals surface area (Å²) >= 11 is 3.59. The number of nitrogens with zero attached hydrogens (tertiary/aromatic N) is 2. The molecule has 0 radical (unpaired) electrons. The van der Waals surface area contributed by atoms with E-state index in [0.717, 1.165) is 15.9 Å². The number of rotatable bonds is 1. The molecule has 0 N–H and O–H groups in total. The molecule has 1 aromatic carbocycles. The summed E-state index contributed by atoms with van der Waals surface area (Å²) in [5.41, 5.74) is 4.66. The molecule has 1 heterocycles. The molecule has 0 amide bonds. The second-order valence-electron chi connectivity index (χ2n) is 3.69. The summed E-state index contributed by atoms with van der Waals surface area (Å²) in [7, 11) is 1.97. The Morgan fingerprint density at radius 1 is 1.20 bits per heavy atom. The molecule has 0 aliphatic rings. The molecule has 1 aromatic heterocycles. The summed E-state index contributed by atoms with van der Waals surface area (Å²) in [5, 5.41) is 4.40. The van der Waals surface area contributed by atoms with Gasteiger partial charge in [-0.3, -0.25) is 4.68 Å². The zero-order chi connectivity index (χ0) is 11.0. The highest BCUT2D eigenvalue weighted by Gasteiger charge is 2.13. The molecule has 0 saturated carbocycles. The highest BCUT2D eigenvalue weighted by molar-refractivity contribution is 9.10. The van der Waals surface area contributed by atoms with Gasteiger partial charge in [-0.05, 0) is 35.3 Å². The van der Waals surface area contributed by atoms with Gasteiger partial charge in [0.1, 0.15) is 0 Å². The summed E-state index contributed by atoms with van der Waals surface area (Å²) in [6.07, 6.45) is 0. The minimum Gasteiger partial charge on any atom is -0.266 e. The number of hydrogen-bond acceptors (Lipinski definition) is 1. The van der Waals surface area contributed by atoms with Gasteiger partial charge in [-0.1, -0.05) is 24.3 Å². The fourth-order valence-corrected chi connectivity index (χ4v) is 2.31. The molecule has 2 rings (SSSR count). The SMILES string of the molecule is Cc1ccccc1-c1c(Br)c(C)nn1C. The van der Waals surface area contributed by atoms with Crippen LogP contribution in [0, 0.1) is 13.8 Å². The van der Waals surface area contributed by atoms with Gasteiger partial charge >= 0.3 is 0 Å². The standard InChI is InChI=1S/C12H13BrN2/c1-8-6-4-5-7-10(8)12-11(13)9(2)14-15(12)3/h4-7H,1-3H3. The van der Waals surface area contributed by atoms with E-state index in [9.17, 15) is 0 Å². The van der Waals surface area contributed by atoms with Gasteiger partial charge in [0.2, 0.25) is 0 Å². The van der Waals surface area contributed by atoms with Crippen molar-refractivity contribution < 1.29 is 0 Å². The highest BCUT2D eigenvalue weighted by atomic mass is 79.9. The first-order chi connectivity index (χ1) is 7.11. The second kappa shape index (κ2) is 3.81. The third kappa shape index (κ3) is 1.72. The van der Waals surface area contributed by atoms with E-state index in [1.165, 1.54) is 11.1 Å². The molecule has 0 unspecified atom stereocenters. The highest BCUT2D eigenvalue weighted by Crippen LogP contribution is 2.31. The predicted molar refractivity (Wildman–Crippen MR) is 65.8 cm³/mol. The van der Waals surface area contributed by atoms with Crippen molar-refractivity contribution in [2.24, 2.45) is 7.05 Å². The average Bonchev–Trinajstić information content (AvgIpc) is 2.43. The van der Waals surface area contributed by atoms with Crippen molar-refractivity contribution in [3.63, 3.8) is 0 Å². The molecule has 0 aliphatic carbocycles. The molecule has 78 valence electrons. The van der Waals surface area contributed by atoms with E-state index in [4.69, 9.17) is 0 Å². The molecule has 2 nitrogen and oxygen atoms in total. The lowest BCUT2D eigenvalue weighted by molar-refractivity contribution is 0.763. The lowest BCUT2D eigenvalue weighted by atomic mass is 10.1. The van der Waals surface area contributed by atoms with Crippen molar-refractivity contribution in [1.29, 1.82) is 0 Å². The molecule has 0 spiro atoms. The Kier molecular flexibility index (Phi) is 2.65. The summed E-state index contributed by atoms with van der Waals surface area (Å²) in [6, 6.07) is 8.34. The third-order valence-corrected chi connectivity index (χ3v) is 3.50. The van der Waals surface area contributed by atoms with Crippen molar-refractivity contribution in [3.05, 3.63) is 40.0 Å². The van der Waals surface area contributed by atoms with Crippen LogP contribution in [0.5, 0.6) is 0 Å². The van der Waals surface area contributed by atoms with Crippen LogP contribution in [0.15, 0.2) is 28.7 Å². The molecular formula is C12H13BrN2. The van der Waals surface area contributed by atoms with Gasteiger partial charge in [0.25, 0.3) is 0 Å². The van der Waals surface area contributed by atoms with Crippen LogP contribution in [0.4, 0.5) is 0 Å². The Morgan fingerprint density at radius 2 is 1.87 bits per heavy atom. The van der Waals surface area contributed by atoms with Crippen LogP contribution in [0.1, 0.15) is 11.3 Å². The van der Waals surface area contributed by atoms with E-state index in [-0.39, 0.29) is 0 Å². The first kappa shape index (κ1) is 10.4. The summed E-state index contributed by atoms with van der Waals surface area (Å²) in [4.78, 5) is 0. The maximum absolute atomic E-state index is 4.40. The summed E-state index contributed by atoms with van der Waals surface area (Å²) in [5.74, 6) is 0. The van der Waals surface area contributed by atoms with Gasteiger partial charge in [0.05, 0.1) is 15.9 Å². The van der Waals surface area contributed by atoms with Gasteiger partial charge in [-0.15, -0.1) is 0 Å². The van der Waals surface area contributed by atoms with E-state index in [0.29, 0.717) is 0 Å². The summed E-state index contributed by atoms with van der Waals surface area (Å²) < 4.78 is 3.00. The Morgan fingerprint density at radius 3 is 2.40 bits per heavy atom. The van der Waals surface area contributed by atoms with Crippen LogP contribution in [-0.2, 0) is 7.05 Å². The van der Waals surface area contributed by atoms with Crippen molar-refractivity contribution >= 4 is 15.9 Å². The van der Waals surface area contributed by atoms with Gasteiger partial charge in [-0.25, -0.2) is 0 Å². The normalized spacial score (nSPS) is 10.7. The Balaban J connectivity index is 2.69. The lowest BCUT2D eigenvalue weighted by Gasteiger charge is -2.06. The molecule has 0 saturated heterocycles. The molecule has 0 bridgehead atoms. The minimum atomic E-state index is 1.02. The third-order valence-electron chi connectivity index (χ3n) is 2.55. The van der Waals surface area contributed by atoms with E-state index >= 15 is 0 Å². The maximum Gasteiger partial charge on any atom is 0.0826 e. The Hall–Kier alpha value is -1.09. The van der Waals surface area contributed by atoms with Gasteiger partial charge < -0.3 is 0 Å². The fraction of sp³-hybridized carbons (Fsp3) is 0.250. The number of aryl methyl sites for hydroxylation is 3. The Bertz CT molecular complexity index is 500. The minimum absolute atomic E-state index is 1.02. The van der Waals surface area contributed by atoms with E-state index in [1.54, 1.807) is 0 Å². The summed E-state index contributed by atoms with van der Waals surface area (Å²) in [6.45, 7) is 4.12. The second-order valence-corrected chi connectivity index (χ2v) is 4.48. The van der Waals surface area contributed by atoms with Crippen molar-refractivity contribution in [2.45, 2.75) is 13.8 Å². The van der Waals surface area contributed by atoms with Crippen molar-refractivity contribution in [1.82, 2.24) is 9.78 Å². The smallest absolute Gasteiger partial charge is 0.0826 e. The quantitative estimate of drug-likeness (QED) is 0.772. The van der Waals surface area contributed by atoms with Gasteiger partial charge in [-0.2, -0.15) is 5.10 Å². The largest absolute Gasteiger partial charge is 0.266 e. The maximum atomic E-state index is 4.40. The molecule has 0 atom stereocenters. The first-order valence-electron chi connectivity index (χ1n) is 4.86. The van der Waals surface area contributed by atoms with Crippen LogP contribution in [0.3, 0.4) is 0 Å². The van der Waals surface area contributed by atoms with Crippen LogP contribution in [-0.4, -0.2) is 9.78 Å². The van der Waals surface area contributed by atoms with E-state index in [1.807, 2.05) is 18.7 Å². The zero-order valence-electron chi connectivity index (χ0n) is 9.08. The van der Waals surface area contributed by atoms with Crippen LogP contribution in [0.2, 0.25) is 0 Å². The number of hydrogen-bond donors (Lipinski definition) is 0. The van der Waals surface area contributed by atoms with Crippen LogP contribution >= 0.6 is 15.9 Å². The lowest BCUT2D eigenvalue weighted by Crippen LogP contribution is -1.95. The monoisotopic (exact) mass is 264 g/mol. The predicted octanol–water partition coefficient (Wildman–Crippen LogP) is 3.47. The molecule has 0 aliphatic heterocycles. The molecule has 2 aromatic rings. The van der Waals surface area contributed by atoms with E-state index in [2.05, 4.69) is 52.2 Å². The van der Waals surface area contributed by atoms with Crippen LogP contribution < -0.4 is 0 Å². The molecular weight excluding hydrogens is 252 g/mol. The first-order valence-corrected chi connectivity index (χ1v) is 5.65.